The van der Waals surface area contributed by atoms with Gasteiger partial charge in [-0.25, -0.2) is 19.3 Å². The van der Waals surface area contributed by atoms with Gasteiger partial charge in [0, 0.05) is 19.7 Å². The quantitative estimate of drug-likeness (QED) is 0.760. The molecule has 17 heavy (non-hydrogen) atoms. The van der Waals surface area contributed by atoms with Crippen LogP contribution in [-0.4, -0.2) is 43.9 Å². The molecule has 0 aromatic carbocycles. The molecule has 2 aromatic heterocycles. The molecule has 0 aliphatic rings. The Hall–Kier alpha value is -1.89. The topological polar surface area (TPSA) is 86.5 Å². The Bertz CT molecular complexity index is 580. The normalized spacial score (nSPS) is 12.0. The van der Waals surface area contributed by atoms with Crippen molar-refractivity contribution in [3.63, 3.8) is 0 Å². The number of aliphatic hydroxyl groups is 1. The molecule has 2 heterocycles. The fraction of sp³-hybridized carbons (Fsp3) is 0.500. The summed E-state index contributed by atoms with van der Waals surface area (Å²) in [5.74, 6) is 0.652. The minimum atomic E-state index is -0.812. The zero-order valence-corrected chi connectivity index (χ0v) is 10.0. The van der Waals surface area contributed by atoms with Crippen LogP contribution in [0, 0.1) is 0 Å². The highest BCUT2D eigenvalue weighted by Gasteiger charge is 2.17. The van der Waals surface area contributed by atoms with Gasteiger partial charge in [0.1, 0.15) is 12.1 Å². The second-order valence-electron chi connectivity index (χ2n) is 4.67. The Morgan fingerprint density at radius 1 is 1.59 bits per heavy atom. The summed E-state index contributed by atoms with van der Waals surface area (Å²) in [6.07, 6.45) is 1.41. The molecule has 2 aromatic rings. The van der Waals surface area contributed by atoms with Gasteiger partial charge in [-0.15, -0.1) is 0 Å². The van der Waals surface area contributed by atoms with Gasteiger partial charge in [-0.1, -0.05) is 0 Å². The SMILES string of the molecule is CN(CC(C)(C)O)c1cc2n[nH]c(=O)n2cn1. The first-order valence-corrected chi connectivity index (χ1v) is 5.23. The Labute approximate surface area is 97.7 Å². The molecule has 0 spiro atoms. The lowest BCUT2D eigenvalue weighted by atomic mass is 10.1. The van der Waals surface area contributed by atoms with E-state index < -0.39 is 5.60 Å². The maximum Gasteiger partial charge on any atom is 0.348 e. The second kappa shape index (κ2) is 3.85. The molecule has 7 heteroatoms. The number of aromatic amines is 1. The number of hydrogen-bond donors (Lipinski definition) is 2. The number of anilines is 1. The van der Waals surface area contributed by atoms with Gasteiger partial charge in [0.15, 0.2) is 5.65 Å². The monoisotopic (exact) mass is 237 g/mol. The molecule has 0 unspecified atom stereocenters. The number of nitrogens with zero attached hydrogens (tertiary/aromatic N) is 4. The predicted molar refractivity (Wildman–Crippen MR) is 63.2 cm³/mol. The van der Waals surface area contributed by atoms with Gasteiger partial charge in [0.2, 0.25) is 0 Å². The van der Waals surface area contributed by atoms with Crippen LogP contribution >= 0.6 is 0 Å². The van der Waals surface area contributed by atoms with E-state index in [0.717, 1.165) is 0 Å². The zero-order valence-electron chi connectivity index (χ0n) is 10.0. The molecule has 0 aliphatic carbocycles. The number of hydrogen-bond acceptors (Lipinski definition) is 5. The van der Waals surface area contributed by atoms with Crippen molar-refractivity contribution in [3.8, 4) is 0 Å². The lowest BCUT2D eigenvalue weighted by Crippen LogP contribution is -2.36. The maximum absolute atomic E-state index is 11.2. The van der Waals surface area contributed by atoms with E-state index in [2.05, 4.69) is 15.2 Å². The van der Waals surface area contributed by atoms with Gasteiger partial charge in [0.05, 0.1) is 5.60 Å². The van der Waals surface area contributed by atoms with Gasteiger partial charge < -0.3 is 10.0 Å². The third-order valence-electron chi connectivity index (χ3n) is 2.31. The predicted octanol–water partition coefficient (Wildman–Crippen LogP) is -0.375. The number of fused-ring (bicyclic) bond motifs is 1. The van der Waals surface area contributed by atoms with Crippen LogP contribution in [0.1, 0.15) is 13.8 Å². The van der Waals surface area contributed by atoms with Gasteiger partial charge in [-0.3, -0.25) is 0 Å². The van der Waals surface area contributed by atoms with Crippen LogP contribution in [0.25, 0.3) is 5.65 Å². The average molecular weight is 237 g/mol. The highest BCUT2D eigenvalue weighted by Crippen LogP contribution is 2.13. The van der Waals surface area contributed by atoms with Crippen LogP contribution in [0.2, 0.25) is 0 Å². The van der Waals surface area contributed by atoms with Crippen molar-refractivity contribution in [2.24, 2.45) is 0 Å². The Morgan fingerprint density at radius 2 is 2.29 bits per heavy atom. The molecule has 2 N–H and O–H groups in total. The first-order valence-electron chi connectivity index (χ1n) is 5.23. The third-order valence-corrected chi connectivity index (χ3v) is 2.31. The Kier molecular flexibility index (Phi) is 2.62. The molecule has 0 atom stereocenters. The van der Waals surface area contributed by atoms with Crippen LogP contribution in [0.5, 0.6) is 0 Å². The standard InChI is InChI=1S/C10H15N5O2/c1-10(2,17)5-14(3)7-4-8-12-13-9(16)15(8)6-11-7/h4,6,17H,5H2,1-3H3,(H,13,16). The van der Waals surface area contributed by atoms with Crippen molar-refractivity contribution in [2.75, 3.05) is 18.5 Å². The summed E-state index contributed by atoms with van der Waals surface area (Å²) in [6.45, 7) is 3.88. The summed E-state index contributed by atoms with van der Waals surface area (Å²) in [4.78, 5) is 17.2. The number of aromatic nitrogens is 4. The van der Waals surface area contributed by atoms with Crippen LogP contribution in [0.3, 0.4) is 0 Å². The van der Waals surface area contributed by atoms with Gasteiger partial charge in [-0.2, -0.15) is 5.10 Å². The Balaban J connectivity index is 2.33. The highest BCUT2D eigenvalue weighted by atomic mass is 16.3. The van der Waals surface area contributed by atoms with E-state index >= 15 is 0 Å². The van der Waals surface area contributed by atoms with Crippen molar-refractivity contribution < 1.29 is 5.11 Å². The number of rotatable bonds is 3. The summed E-state index contributed by atoms with van der Waals surface area (Å²) < 4.78 is 1.32. The van der Waals surface area contributed by atoms with E-state index in [1.807, 2.05) is 7.05 Å². The molecular weight excluding hydrogens is 222 g/mol. The summed E-state index contributed by atoms with van der Waals surface area (Å²) >= 11 is 0. The minimum absolute atomic E-state index is 0.316. The zero-order chi connectivity index (χ0) is 12.6. The van der Waals surface area contributed by atoms with Crippen LogP contribution in [0.15, 0.2) is 17.2 Å². The second-order valence-corrected chi connectivity index (χ2v) is 4.67. The number of H-pyrrole nitrogens is 1. The fourth-order valence-corrected chi connectivity index (χ4v) is 1.67. The van der Waals surface area contributed by atoms with E-state index in [1.165, 1.54) is 10.7 Å². The van der Waals surface area contributed by atoms with Crippen molar-refractivity contribution in [2.45, 2.75) is 19.4 Å². The number of nitrogens with one attached hydrogen (secondary N) is 1. The highest BCUT2D eigenvalue weighted by molar-refractivity contribution is 5.49. The van der Waals surface area contributed by atoms with Crippen molar-refractivity contribution >= 4 is 11.5 Å². The summed E-state index contributed by atoms with van der Waals surface area (Å²) in [6, 6.07) is 1.68. The van der Waals surface area contributed by atoms with E-state index in [9.17, 15) is 9.90 Å². The molecule has 2 rings (SSSR count). The molecule has 0 aliphatic heterocycles. The molecule has 0 bridgehead atoms. The average Bonchev–Trinajstić information content (AvgIpc) is 2.57. The summed E-state index contributed by atoms with van der Waals surface area (Å²) in [7, 11) is 1.82. The van der Waals surface area contributed by atoms with E-state index in [1.54, 1.807) is 24.8 Å². The minimum Gasteiger partial charge on any atom is -0.389 e. The Morgan fingerprint density at radius 3 is 2.94 bits per heavy atom. The molecule has 0 fully saturated rings. The van der Waals surface area contributed by atoms with Gasteiger partial charge in [-0.05, 0) is 13.8 Å². The molecule has 0 saturated heterocycles. The number of likely N-dealkylation sites (N-methyl/N-ethyl adjacent to an activating group) is 1. The van der Waals surface area contributed by atoms with Gasteiger partial charge in [0.25, 0.3) is 0 Å². The van der Waals surface area contributed by atoms with Crippen molar-refractivity contribution in [1.82, 2.24) is 19.6 Å². The largest absolute Gasteiger partial charge is 0.389 e. The van der Waals surface area contributed by atoms with Crippen molar-refractivity contribution in [3.05, 3.63) is 22.9 Å². The van der Waals surface area contributed by atoms with Crippen LogP contribution < -0.4 is 10.6 Å². The molecule has 0 radical (unpaired) electrons. The summed E-state index contributed by atoms with van der Waals surface area (Å²) in [5.41, 5.74) is -0.625. The molecule has 7 nitrogen and oxygen atoms in total. The fourth-order valence-electron chi connectivity index (χ4n) is 1.67. The first-order chi connectivity index (χ1) is 7.87. The maximum atomic E-state index is 11.2. The molecule has 0 amide bonds. The summed E-state index contributed by atoms with van der Waals surface area (Å²) in [5, 5.41) is 15.9. The van der Waals surface area contributed by atoms with Gasteiger partial charge >= 0.3 is 5.69 Å². The molecule has 0 saturated carbocycles. The lowest BCUT2D eigenvalue weighted by molar-refractivity contribution is 0.0884. The van der Waals surface area contributed by atoms with E-state index in [-0.39, 0.29) is 5.69 Å². The smallest absolute Gasteiger partial charge is 0.348 e. The first kappa shape index (κ1) is 11.6. The third kappa shape index (κ3) is 2.44. The van der Waals surface area contributed by atoms with Crippen LogP contribution in [0.4, 0.5) is 5.82 Å². The lowest BCUT2D eigenvalue weighted by Gasteiger charge is -2.26. The van der Waals surface area contributed by atoms with E-state index in [0.29, 0.717) is 18.0 Å². The molecular formula is C10H15N5O2. The van der Waals surface area contributed by atoms with Crippen molar-refractivity contribution in [1.29, 1.82) is 0 Å². The van der Waals surface area contributed by atoms with Crippen LogP contribution in [-0.2, 0) is 0 Å². The van der Waals surface area contributed by atoms with E-state index in [4.69, 9.17) is 0 Å². The molecule has 92 valence electrons.